The molecule has 0 saturated heterocycles. The van der Waals surface area contributed by atoms with Crippen LogP contribution in [0.3, 0.4) is 0 Å². The second kappa shape index (κ2) is 5.92. The Kier molecular flexibility index (Phi) is 4.46. The van der Waals surface area contributed by atoms with E-state index in [4.69, 9.17) is 11.6 Å². The maximum atomic E-state index is 12.1. The number of sulfonamides is 1. The van der Waals surface area contributed by atoms with Gasteiger partial charge in [0.15, 0.2) is 0 Å². The monoisotopic (exact) mass is 316 g/mol. The van der Waals surface area contributed by atoms with Gasteiger partial charge in [-0.05, 0) is 36.9 Å². The van der Waals surface area contributed by atoms with Crippen LogP contribution in [0.25, 0.3) is 0 Å². The van der Waals surface area contributed by atoms with Crippen molar-refractivity contribution in [1.29, 1.82) is 0 Å². The van der Waals surface area contributed by atoms with Crippen LogP contribution in [-0.4, -0.2) is 15.5 Å². The lowest BCUT2D eigenvalue weighted by atomic mass is 10.2. The summed E-state index contributed by atoms with van der Waals surface area (Å²) in [7, 11) is -1.69. The summed E-state index contributed by atoms with van der Waals surface area (Å²) in [6, 6.07) is 10.3. The molecule has 4 nitrogen and oxygen atoms in total. The average Bonchev–Trinajstić information content (AvgIpc) is 2.79. The van der Waals surface area contributed by atoms with Gasteiger partial charge in [0.1, 0.15) is 4.21 Å². The number of nitrogens with one attached hydrogen (secondary N) is 2. The third kappa shape index (κ3) is 3.70. The van der Waals surface area contributed by atoms with E-state index in [1.54, 1.807) is 18.2 Å². The van der Waals surface area contributed by atoms with Crippen molar-refractivity contribution >= 4 is 38.6 Å². The van der Waals surface area contributed by atoms with Gasteiger partial charge in [-0.25, -0.2) is 8.42 Å². The van der Waals surface area contributed by atoms with Crippen LogP contribution >= 0.6 is 22.9 Å². The summed E-state index contributed by atoms with van der Waals surface area (Å²) < 4.78 is 27.3. The maximum Gasteiger partial charge on any atom is 0.271 e. The molecule has 2 rings (SSSR count). The second-order valence-corrected chi connectivity index (χ2v) is 7.52. The molecule has 1 aromatic heterocycles. The smallest absolute Gasteiger partial charge is 0.271 e. The lowest BCUT2D eigenvalue weighted by molar-refractivity contribution is 0.603. The van der Waals surface area contributed by atoms with Crippen molar-refractivity contribution in [3.05, 3.63) is 46.3 Å². The Hall–Kier alpha value is -1.08. The Morgan fingerprint density at radius 3 is 2.37 bits per heavy atom. The molecule has 2 aromatic rings. The van der Waals surface area contributed by atoms with E-state index in [0.717, 1.165) is 23.4 Å². The summed E-state index contributed by atoms with van der Waals surface area (Å²) in [5.74, 6) is 0. The zero-order valence-electron chi connectivity index (χ0n) is 10.2. The van der Waals surface area contributed by atoms with Crippen LogP contribution in [0, 0.1) is 0 Å². The molecule has 0 radical (unpaired) electrons. The summed E-state index contributed by atoms with van der Waals surface area (Å²) in [5, 5.41) is 3.03. The topological polar surface area (TPSA) is 58.2 Å². The molecule has 2 N–H and O–H groups in total. The first-order valence-electron chi connectivity index (χ1n) is 5.53. The first kappa shape index (κ1) is 14.3. The van der Waals surface area contributed by atoms with E-state index in [9.17, 15) is 8.42 Å². The molecule has 0 aliphatic heterocycles. The van der Waals surface area contributed by atoms with E-state index >= 15 is 0 Å². The molecule has 19 heavy (non-hydrogen) atoms. The molecule has 0 fully saturated rings. The molecular formula is C12H13ClN2O2S2. The number of hydrogen-bond acceptors (Lipinski definition) is 4. The normalized spacial score (nSPS) is 11.5. The number of rotatable bonds is 5. The lowest BCUT2D eigenvalue weighted by Crippen LogP contribution is -2.11. The van der Waals surface area contributed by atoms with Gasteiger partial charge in [0.2, 0.25) is 0 Å². The summed E-state index contributed by atoms with van der Waals surface area (Å²) in [5.41, 5.74) is 1.62. The predicted octanol–water partition coefficient (Wildman–Crippen LogP) is 2.92. The van der Waals surface area contributed by atoms with Gasteiger partial charge in [-0.15, -0.1) is 11.3 Å². The molecule has 0 unspecified atom stereocenters. The van der Waals surface area contributed by atoms with Crippen molar-refractivity contribution < 1.29 is 8.42 Å². The minimum absolute atomic E-state index is 0.205. The lowest BCUT2D eigenvalue weighted by Gasteiger charge is -2.07. The van der Waals surface area contributed by atoms with Crippen molar-refractivity contribution in [2.24, 2.45) is 0 Å². The van der Waals surface area contributed by atoms with Gasteiger partial charge in [0, 0.05) is 12.2 Å². The van der Waals surface area contributed by atoms with Crippen LogP contribution in [0.4, 0.5) is 5.69 Å². The van der Waals surface area contributed by atoms with Gasteiger partial charge < -0.3 is 5.32 Å². The molecule has 0 amide bonds. The first-order chi connectivity index (χ1) is 9.01. The van der Waals surface area contributed by atoms with Gasteiger partial charge in [-0.1, -0.05) is 23.7 Å². The minimum atomic E-state index is -3.55. The van der Waals surface area contributed by atoms with Crippen LogP contribution in [-0.2, 0) is 16.6 Å². The molecular weight excluding hydrogens is 304 g/mol. The molecule has 102 valence electrons. The van der Waals surface area contributed by atoms with Crippen LogP contribution < -0.4 is 10.0 Å². The molecule has 7 heteroatoms. The fourth-order valence-corrected chi connectivity index (χ4v) is 4.08. The van der Waals surface area contributed by atoms with Gasteiger partial charge in [-0.2, -0.15) is 0 Å². The van der Waals surface area contributed by atoms with Crippen LogP contribution in [0.15, 0.2) is 40.6 Å². The van der Waals surface area contributed by atoms with Crippen molar-refractivity contribution in [3.8, 4) is 0 Å². The number of thiophene rings is 1. The Balaban J connectivity index is 2.16. The highest BCUT2D eigenvalue weighted by Gasteiger charge is 2.16. The first-order valence-corrected chi connectivity index (χ1v) is 8.21. The molecule has 0 spiro atoms. The van der Waals surface area contributed by atoms with E-state index in [0.29, 0.717) is 10.0 Å². The predicted molar refractivity (Wildman–Crippen MR) is 79.3 cm³/mol. The molecule has 0 bridgehead atoms. The number of anilines is 1. The van der Waals surface area contributed by atoms with Gasteiger partial charge in [0.25, 0.3) is 10.0 Å². The molecule has 0 saturated carbocycles. The zero-order valence-corrected chi connectivity index (χ0v) is 12.6. The Labute approximate surface area is 121 Å². The van der Waals surface area contributed by atoms with E-state index < -0.39 is 10.0 Å². The molecule has 0 atom stereocenters. The highest BCUT2D eigenvalue weighted by molar-refractivity contribution is 7.94. The Bertz CT molecular complexity index is 651. The summed E-state index contributed by atoms with van der Waals surface area (Å²) in [6.45, 7) is 0.744. The van der Waals surface area contributed by atoms with E-state index in [2.05, 4.69) is 10.0 Å². The van der Waals surface area contributed by atoms with Crippen molar-refractivity contribution in [1.82, 2.24) is 5.32 Å². The summed E-state index contributed by atoms with van der Waals surface area (Å²) >= 11 is 6.77. The van der Waals surface area contributed by atoms with Crippen LogP contribution in [0.5, 0.6) is 0 Å². The maximum absolute atomic E-state index is 12.1. The summed E-state index contributed by atoms with van der Waals surface area (Å²) in [4.78, 5) is 0. The second-order valence-electron chi connectivity index (χ2n) is 3.89. The fourth-order valence-electron chi connectivity index (χ4n) is 1.54. The Morgan fingerprint density at radius 2 is 1.84 bits per heavy atom. The van der Waals surface area contributed by atoms with Crippen LogP contribution in [0.1, 0.15) is 5.56 Å². The standard InChI is InChI=1S/C12H13ClN2O2S2/c1-14-8-9-2-4-10(5-3-9)15-19(16,17)12-7-6-11(13)18-12/h2-7,14-15H,8H2,1H3. The molecule has 0 aliphatic rings. The quantitative estimate of drug-likeness (QED) is 0.891. The highest BCUT2D eigenvalue weighted by Crippen LogP contribution is 2.27. The molecule has 1 aromatic carbocycles. The van der Waals surface area contributed by atoms with E-state index in [1.165, 1.54) is 6.07 Å². The van der Waals surface area contributed by atoms with Crippen LogP contribution in [0.2, 0.25) is 4.34 Å². The largest absolute Gasteiger partial charge is 0.316 e. The highest BCUT2D eigenvalue weighted by atomic mass is 35.5. The van der Waals surface area contributed by atoms with Crippen molar-refractivity contribution in [2.75, 3.05) is 11.8 Å². The van der Waals surface area contributed by atoms with Crippen molar-refractivity contribution in [2.45, 2.75) is 10.8 Å². The third-order valence-electron chi connectivity index (χ3n) is 2.40. The average molecular weight is 317 g/mol. The molecule has 1 heterocycles. The number of hydrogen-bond donors (Lipinski definition) is 2. The van der Waals surface area contributed by atoms with Crippen molar-refractivity contribution in [3.63, 3.8) is 0 Å². The molecule has 0 aliphatic carbocycles. The summed E-state index contributed by atoms with van der Waals surface area (Å²) in [6.07, 6.45) is 0. The van der Waals surface area contributed by atoms with E-state index in [1.807, 2.05) is 19.2 Å². The van der Waals surface area contributed by atoms with Gasteiger partial charge >= 0.3 is 0 Å². The van der Waals surface area contributed by atoms with E-state index in [-0.39, 0.29) is 4.21 Å². The van der Waals surface area contributed by atoms with Gasteiger partial charge in [-0.3, -0.25) is 4.72 Å². The SMILES string of the molecule is CNCc1ccc(NS(=O)(=O)c2ccc(Cl)s2)cc1. The number of halogens is 1. The number of benzene rings is 1. The minimum Gasteiger partial charge on any atom is -0.316 e. The zero-order chi connectivity index (χ0) is 13.9. The fraction of sp³-hybridized carbons (Fsp3) is 0.167. The van der Waals surface area contributed by atoms with Gasteiger partial charge in [0.05, 0.1) is 4.34 Å². The third-order valence-corrected chi connectivity index (χ3v) is 5.50. The Morgan fingerprint density at radius 1 is 1.16 bits per heavy atom.